The van der Waals surface area contributed by atoms with Gasteiger partial charge in [-0.1, -0.05) is 35.9 Å². The van der Waals surface area contributed by atoms with Gasteiger partial charge in [0, 0.05) is 25.5 Å². The lowest BCUT2D eigenvalue weighted by Gasteiger charge is -2.13. The molecule has 0 bridgehead atoms. The Labute approximate surface area is 176 Å². The van der Waals surface area contributed by atoms with Crippen molar-refractivity contribution in [3.63, 3.8) is 0 Å². The standard InChI is InChI=1S/C21H16ClIN2O2/c1-13-16(20(26)24-15-6-3-2-4-7-15)8-5-9-19(13)25-21(27)17-12-14(22)10-11-18(17)23/h2-12H,1H3,(H,24,26)(H,25,27). The number of anilines is 2. The summed E-state index contributed by atoms with van der Waals surface area (Å²) in [5.41, 5.74) is 2.97. The third-order valence-corrected chi connectivity index (χ3v) is 5.21. The van der Waals surface area contributed by atoms with Gasteiger partial charge >= 0.3 is 0 Å². The van der Waals surface area contributed by atoms with Crippen molar-refractivity contribution >= 4 is 57.4 Å². The Balaban J connectivity index is 1.83. The molecule has 0 atom stereocenters. The molecule has 3 aromatic rings. The zero-order valence-corrected chi connectivity index (χ0v) is 17.3. The smallest absolute Gasteiger partial charge is 0.256 e. The summed E-state index contributed by atoms with van der Waals surface area (Å²) in [6, 6.07) is 19.6. The second kappa shape index (κ2) is 8.54. The molecule has 0 aliphatic heterocycles. The van der Waals surface area contributed by atoms with Crippen LogP contribution in [0.3, 0.4) is 0 Å². The molecular weight excluding hydrogens is 475 g/mol. The largest absolute Gasteiger partial charge is 0.322 e. The minimum Gasteiger partial charge on any atom is -0.322 e. The molecule has 0 fully saturated rings. The highest BCUT2D eigenvalue weighted by molar-refractivity contribution is 14.1. The number of hydrogen-bond donors (Lipinski definition) is 2. The van der Waals surface area contributed by atoms with Crippen LogP contribution in [0.2, 0.25) is 5.02 Å². The van der Waals surface area contributed by atoms with Gasteiger partial charge in [-0.05, 0) is 77.5 Å². The van der Waals surface area contributed by atoms with Crippen molar-refractivity contribution in [2.75, 3.05) is 10.6 Å². The van der Waals surface area contributed by atoms with E-state index in [-0.39, 0.29) is 11.8 Å². The number of nitrogens with one attached hydrogen (secondary N) is 2. The summed E-state index contributed by atoms with van der Waals surface area (Å²) in [6.07, 6.45) is 0. The quantitative estimate of drug-likeness (QED) is 0.457. The molecule has 0 aliphatic rings. The number of para-hydroxylation sites is 1. The molecule has 0 unspecified atom stereocenters. The summed E-state index contributed by atoms with van der Waals surface area (Å²) in [4.78, 5) is 25.2. The van der Waals surface area contributed by atoms with Gasteiger partial charge in [0.1, 0.15) is 0 Å². The fraction of sp³-hybridized carbons (Fsp3) is 0.0476. The SMILES string of the molecule is Cc1c(NC(=O)c2cc(Cl)ccc2I)cccc1C(=O)Nc1ccccc1. The summed E-state index contributed by atoms with van der Waals surface area (Å²) in [5.74, 6) is -0.502. The van der Waals surface area contributed by atoms with Crippen molar-refractivity contribution in [1.82, 2.24) is 0 Å². The second-order valence-corrected chi connectivity index (χ2v) is 7.48. The lowest BCUT2D eigenvalue weighted by atomic mass is 10.1. The maximum atomic E-state index is 12.6. The first kappa shape index (κ1) is 19.4. The zero-order chi connectivity index (χ0) is 19.4. The van der Waals surface area contributed by atoms with Crippen LogP contribution in [0.15, 0.2) is 66.7 Å². The molecule has 0 saturated carbocycles. The van der Waals surface area contributed by atoms with Crippen LogP contribution in [0.1, 0.15) is 26.3 Å². The second-order valence-electron chi connectivity index (χ2n) is 5.88. The van der Waals surface area contributed by atoms with Crippen molar-refractivity contribution in [1.29, 1.82) is 0 Å². The molecule has 3 rings (SSSR count). The number of hydrogen-bond acceptors (Lipinski definition) is 2. The summed E-state index contributed by atoms with van der Waals surface area (Å²) in [5, 5.41) is 6.22. The van der Waals surface area contributed by atoms with E-state index in [9.17, 15) is 9.59 Å². The highest BCUT2D eigenvalue weighted by Gasteiger charge is 2.16. The average Bonchev–Trinajstić information content (AvgIpc) is 2.66. The Morgan fingerprint density at radius 2 is 1.56 bits per heavy atom. The predicted molar refractivity (Wildman–Crippen MR) is 118 cm³/mol. The van der Waals surface area contributed by atoms with E-state index in [2.05, 4.69) is 33.2 Å². The molecule has 0 aliphatic carbocycles. The van der Waals surface area contributed by atoms with Crippen molar-refractivity contribution < 1.29 is 9.59 Å². The highest BCUT2D eigenvalue weighted by Crippen LogP contribution is 2.23. The molecule has 6 heteroatoms. The Kier molecular flexibility index (Phi) is 6.13. The Morgan fingerprint density at radius 3 is 2.30 bits per heavy atom. The fourth-order valence-corrected chi connectivity index (χ4v) is 3.35. The van der Waals surface area contributed by atoms with Crippen LogP contribution in [-0.2, 0) is 0 Å². The third-order valence-electron chi connectivity index (χ3n) is 4.03. The molecule has 3 aromatic carbocycles. The number of carbonyl (C=O) groups is 2. The molecule has 0 heterocycles. The average molecular weight is 491 g/mol. The summed E-state index contributed by atoms with van der Waals surface area (Å²) >= 11 is 8.09. The maximum Gasteiger partial charge on any atom is 0.256 e. The van der Waals surface area contributed by atoms with E-state index in [1.807, 2.05) is 30.3 Å². The normalized spacial score (nSPS) is 10.3. The van der Waals surface area contributed by atoms with Gasteiger partial charge in [0.05, 0.1) is 5.56 Å². The first-order valence-corrected chi connectivity index (χ1v) is 9.64. The van der Waals surface area contributed by atoms with Crippen molar-refractivity contribution in [2.45, 2.75) is 6.92 Å². The summed E-state index contributed by atoms with van der Waals surface area (Å²) in [6.45, 7) is 1.80. The van der Waals surface area contributed by atoms with Crippen LogP contribution >= 0.6 is 34.2 Å². The van der Waals surface area contributed by atoms with Gasteiger partial charge in [-0.25, -0.2) is 0 Å². The van der Waals surface area contributed by atoms with E-state index in [0.717, 1.165) is 3.57 Å². The minimum absolute atomic E-state index is 0.230. The topological polar surface area (TPSA) is 58.2 Å². The molecule has 136 valence electrons. The van der Waals surface area contributed by atoms with E-state index < -0.39 is 0 Å². The van der Waals surface area contributed by atoms with Gasteiger partial charge in [0.25, 0.3) is 11.8 Å². The molecule has 27 heavy (non-hydrogen) atoms. The van der Waals surface area contributed by atoms with Crippen molar-refractivity contribution in [2.24, 2.45) is 0 Å². The van der Waals surface area contributed by atoms with E-state index in [4.69, 9.17) is 11.6 Å². The van der Waals surface area contributed by atoms with Crippen LogP contribution in [0.5, 0.6) is 0 Å². The molecule has 0 spiro atoms. The number of benzene rings is 3. The van der Waals surface area contributed by atoms with E-state index >= 15 is 0 Å². The first-order valence-electron chi connectivity index (χ1n) is 8.18. The van der Waals surface area contributed by atoms with Gasteiger partial charge in [0.2, 0.25) is 0 Å². The fourth-order valence-electron chi connectivity index (χ4n) is 2.60. The number of halogens is 2. The molecule has 0 radical (unpaired) electrons. The van der Waals surface area contributed by atoms with Gasteiger partial charge < -0.3 is 10.6 Å². The van der Waals surface area contributed by atoms with E-state index in [1.54, 1.807) is 43.3 Å². The number of carbonyl (C=O) groups excluding carboxylic acids is 2. The monoisotopic (exact) mass is 490 g/mol. The molecule has 0 aromatic heterocycles. The Bertz CT molecular complexity index is 1010. The van der Waals surface area contributed by atoms with Gasteiger partial charge in [-0.3, -0.25) is 9.59 Å². The van der Waals surface area contributed by atoms with Crippen molar-refractivity contribution in [3.05, 3.63) is 92.0 Å². The number of amides is 2. The van der Waals surface area contributed by atoms with Crippen LogP contribution < -0.4 is 10.6 Å². The zero-order valence-electron chi connectivity index (χ0n) is 14.4. The van der Waals surface area contributed by atoms with E-state index in [1.165, 1.54) is 0 Å². The van der Waals surface area contributed by atoms with Crippen LogP contribution in [-0.4, -0.2) is 11.8 Å². The Morgan fingerprint density at radius 1 is 0.852 bits per heavy atom. The van der Waals surface area contributed by atoms with Crippen LogP contribution in [0, 0.1) is 10.5 Å². The van der Waals surface area contributed by atoms with Gasteiger partial charge in [0.15, 0.2) is 0 Å². The highest BCUT2D eigenvalue weighted by atomic mass is 127. The Hall–Kier alpha value is -2.38. The van der Waals surface area contributed by atoms with E-state index in [0.29, 0.717) is 33.1 Å². The molecule has 4 nitrogen and oxygen atoms in total. The molecule has 0 saturated heterocycles. The third kappa shape index (κ3) is 4.67. The maximum absolute atomic E-state index is 12.6. The molecular formula is C21H16ClIN2O2. The lowest BCUT2D eigenvalue weighted by molar-refractivity contribution is 0.101. The lowest BCUT2D eigenvalue weighted by Crippen LogP contribution is -2.17. The van der Waals surface area contributed by atoms with Gasteiger partial charge in [-0.2, -0.15) is 0 Å². The summed E-state index contributed by atoms with van der Waals surface area (Å²) < 4.78 is 0.796. The molecule has 2 N–H and O–H groups in total. The number of rotatable bonds is 4. The van der Waals surface area contributed by atoms with Crippen LogP contribution in [0.25, 0.3) is 0 Å². The summed E-state index contributed by atoms with van der Waals surface area (Å²) in [7, 11) is 0. The minimum atomic E-state index is -0.273. The first-order chi connectivity index (χ1) is 13.0. The van der Waals surface area contributed by atoms with Gasteiger partial charge in [-0.15, -0.1) is 0 Å². The van der Waals surface area contributed by atoms with Crippen LogP contribution in [0.4, 0.5) is 11.4 Å². The molecule has 2 amide bonds. The van der Waals surface area contributed by atoms with Crippen molar-refractivity contribution in [3.8, 4) is 0 Å². The predicted octanol–water partition coefficient (Wildman–Crippen LogP) is 5.76.